The summed E-state index contributed by atoms with van der Waals surface area (Å²) in [7, 11) is 1.51. The molecule has 4 rings (SSSR count). The molecule has 0 spiro atoms. The topological polar surface area (TPSA) is 65.4 Å². The summed E-state index contributed by atoms with van der Waals surface area (Å²) in [5.41, 5.74) is 2.70. The number of carbonyl (C=O) groups is 1. The Hall–Kier alpha value is -4.06. The number of hydrogen-bond donors (Lipinski definition) is 1. The highest BCUT2D eigenvalue weighted by Crippen LogP contribution is 2.30. The van der Waals surface area contributed by atoms with Crippen LogP contribution in [0.1, 0.15) is 16.1 Å². The molecule has 0 aliphatic carbocycles. The first kappa shape index (κ1) is 19.3. The molecule has 0 unspecified atom stereocenters. The predicted molar refractivity (Wildman–Crippen MR) is 116 cm³/mol. The Labute approximate surface area is 174 Å². The van der Waals surface area contributed by atoms with Crippen LogP contribution in [-0.2, 0) is 0 Å². The molecule has 30 heavy (non-hydrogen) atoms. The summed E-state index contributed by atoms with van der Waals surface area (Å²) in [4.78, 5) is 13.0. The molecule has 1 amide bonds. The first-order chi connectivity index (χ1) is 14.6. The van der Waals surface area contributed by atoms with Gasteiger partial charge in [0.05, 0.1) is 24.7 Å². The summed E-state index contributed by atoms with van der Waals surface area (Å²) in [5, 5.41) is 7.29. The molecule has 0 aliphatic rings. The fourth-order valence-electron chi connectivity index (χ4n) is 2.95. The first-order valence-electron chi connectivity index (χ1n) is 9.48. The number of carbonyl (C=O) groups excluding carboxylic acids is 1. The van der Waals surface area contributed by atoms with Gasteiger partial charge in [-0.1, -0.05) is 48.0 Å². The van der Waals surface area contributed by atoms with Crippen LogP contribution in [0.4, 0.5) is 5.69 Å². The second-order valence-corrected chi connectivity index (χ2v) is 6.69. The average Bonchev–Trinajstić information content (AvgIpc) is 3.22. The van der Waals surface area contributed by atoms with Gasteiger partial charge in [-0.2, -0.15) is 5.10 Å². The van der Waals surface area contributed by atoms with Crippen LogP contribution >= 0.6 is 0 Å². The molecule has 0 atom stereocenters. The lowest BCUT2D eigenvalue weighted by Crippen LogP contribution is -2.14. The van der Waals surface area contributed by atoms with Crippen molar-refractivity contribution in [3.8, 4) is 22.9 Å². The number of ether oxygens (including phenoxy) is 2. The molecule has 0 fully saturated rings. The van der Waals surface area contributed by atoms with Crippen LogP contribution < -0.4 is 14.8 Å². The highest BCUT2D eigenvalue weighted by Gasteiger charge is 2.20. The van der Waals surface area contributed by atoms with Crippen molar-refractivity contribution in [1.82, 2.24) is 9.78 Å². The Morgan fingerprint density at radius 3 is 2.33 bits per heavy atom. The maximum absolute atomic E-state index is 13.0. The van der Waals surface area contributed by atoms with Gasteiger partial charge in [0.25, 0.3) is 5.91 Å². The van der Waals surface area contributed by atoms with Gasteiger partial charge in [0.2, 0.25) is 0 Å². The quantitative estimate of drug-likeness (QED) is 0.482. The SMILES string of the molecule is COc1cn(-c2ccccc2)nc1C(=O)Nc1ccccc1Oc1ccc(C)cc1. The summed E-state index contributed by atoms with van der Waals surface area (Å²) in [6.07, 6.45) is 1.68. The van der Waals surface area contributed by atoms with Gasteiger partial charge in [0, 0.05) is 0 Å². The summed E-state index contributed by atoms with van der Waals surface area (Å²) < 4.78 is 12.9. The van der Waals surface area contributed by atoms with Crippen LogP contribution in [0, 0.1) is 6.92 Å². The number of aryl methyl sites for hydroxylation is 1. The lowest BCUT2D eigenvalue weighted by Gasteiger charge is -2.12. The van der Waals surface area contributed by atoms with Gasteiger partial charge in [-0.3, -0.25) is 4.79 Å². The maximum Gasteiger partial charge on any atom is 0.280 e. The van der Waals surface area contributed by atoms with Gasteiger partial charge in [-0.15, -0.1) is 0 Å². The van der Waals surface area contributed by atoms with Crippen molar-refractivity contribution in [3.63, 3.8) is 0 Å². The van der Waals surface area contributed by atoms with Crippen LogP contribution in [0.2, 0.25) is 0 Å². The molecule has 0 bridgehead atoms. The zero-order valence-electron chi connectivity index (χ0n) is 16.7. The molecule has 0 saturated heterocycles. The van der Waals surface area contributed by atoms with E-state index >= 15 is 0 Å². The van der Waals surface area contributed by atoms with Crippen molar-refractivity contribution in [1.29, 1.82) is 0 Å². The zero-order chi connectivity index (χ0) is 20.9. The van der Waals surface area contributed by atoms with E-state index < -0.39 is 0 Å². The van der Waals surface area contributed by atoms with E-state index in [1.54, 1.807) is 23.0 Å². The second-order valence-electron chi connectivity index (χ2n) is 6.69. The van der Waals surface area contributed by atoms with Crippen LogP contribution in [0.5, 0.6) is 17.2 Å². The van der Waals surface area contributed by atoms with Gasteiger partial charge in [0.15, 0.2) is 17.2 Å². The molecule has 0 radical (unpaired) electrons. The molecular weight excluding hydrogens is 378 g/mol. The largest absolute Gasteiger partial charge is 0.493 e. The average molecular weight is 399 g/mol. The van der Waals surface area contributed by atoms with Gasteiger partial charge in [0.1, 0.15) is 5.75 Å². The predicted octanol–water partition coefficient (Wildman–Crippen LogP) is 5.23. The molecule has 1 aromatic heterocycles. The van der Waals surface area contributed by atoms with E-state index in [2.05, 4.69) is 10.4 Å². The lowest BCUT2D eigenvalue weighted by atomic mass is 10.2. The van der Waals surface area contributed by atoms with Crippen molar-refractivity contribution >= 4 is 11.6 Å². The lowest BCUT2D eigenvalue weighted by molar-refractivity contribution is 0.101. The van der Waals surface area contributed by atoms with Crippen LogP contribution in [-0.4, -0.2) is 22.8 Å². The fourth-order valence-corrected chi connectivity index (χ4v) is 2.95. The van der Waals surface area contributed by atoms with Gasteiger partial charge < -0.3 is 14.8 Å². The standard InChI is InChI=1S/C24H21N3O3/c1-17-12-14-19(15-13-17)30-21-11-7-6-10-20(21)25-24(28)23-22(29-2)16-27(26-23)18-8-4-3-5-9-18/h3-16H,1-2H3,(H,25,28). The maximum atomic E-state index is 13.0. The van der Waals surface area contributed by atoms with Crippen molar-refractivity contribution < 1.29 is 14.3 Å². The molecule has 6 nitrogen and oxygen atoms in total. The van der Waals surface area contributed by atoms with Crippen molar-refractivity contribution in [2.24, 2.45) is 0 Å². The Morgan fingerprint density at radius 1 is 0.900 bits per heavy atom. The van der Waals surface area contributed by atoms with Gasteiger partial charge in [-0.05, 0) is 43.3 Å². The van der Waals surface area contributed by atoms with E-state index in [9.17, 15) is 4.79 Å². The number of rotatable bonds is 6. The van der Waals surface area contributed by atoms with Crippen molar-refractivity contribution in [3.05, 3.63) is 96.3 Å². The van der Waals surface area contributed by atoms with Crippen LogP contribution in [0.15, 0.2) is 85.1 Å². The monoisotopic (exact) mass is 399 g/mol. The smallest absolute Gasteiger partial charge is 0.280 e. The Kier molecular flexibility index (Phi) is 5.48. The number of aromatic nitrogens is 2. The summed E-state index contributed by atoms with van der Waals surface area (Å²) >= 11 is 0. The van der Waals surface area contributed by atoms with E-state index in [0.29, 0.717) is 22.9 Å². The normalized spacial score (nSPS) is 10.5. The number of nitrogens with zero attached hydrogens (tertiary/aromatic N) is 2. The number of methoxy groups -OCH3 is 1. The Bertz CT molecular complexity index is 1150. The van der Waals surface area contributed by atoms with Crippen LogP contribution in [0.25, 0.3) is 5.69 Å². The highest BCUT2D eigenvalue weighted by atomic mass is 16.5. The number of benzene rings is 3. The molecule has 1 N–H and O–H groups in total. The molecule has 0 aliphatic heterocycles. The summed E-state index contributed by atoms with van der Waals surface area (Å²) in [6.45, 7) is 2.01. The third-order valence-corrected chi connectivity index (χ3v) is 4.52. The van der Waals surface area contributed by atoms with E-state index in [4.69, 9.17) is 9.47 Å². The molecule has 4 aromatic rings. The molecule has 1 heterocycles. The van der Waals surface area contributed by atoms with Crippen molar-refractivity contribution in [2.45, 2.75) is 6.92 Å². The fraction of sp³-hybridized carbons (Fsp3) is 0.0833. The molecule has 150 valence electrons. The van der Waals surface area contributed by atoms with Gasteiger partial charge >= 0.3 is 0 Å². The van der Waals surface area contributed by atoms with Crippen LogP contribution in [0.3, 0.4) is 0 Å². The minimum atomic E-state index is -0.388. The highest BCUT2D eigenvalue weighted by molar-refractivity contribution is 6.05. The Morgan fingerprint density at radius 2 is 1.60 bits per heavy atom. The second kappa shape index (κ2) is 8.53. The van der Waals surface area contributed by atoms with E-state index in [1.807, 2.05) is 73.7 Å². The summed E-state index contributed by atoms with van der Waals surface area (Å²) in [6, 6.07) is 24.5. The van der Waals surface area contributed by atoms with Crippen molar-refractivity contribution in [2.75, 3.05) is 12.4 Å². The van der Waals surface area contributed by atoms with Gasteiger partial charge in [-0.25, -0.2) is 4.68 Å². The summed E-state index contributed by atoms with van der Waals surface area (Å²) in [5.74, 6) is 1.22. The van der Waals surface area contributed by atoms with E-state index in [-0.39, 0.29) is 11.6 Å². The minimum Gasteiger partial charge on any atom is -0.493 e. The zero-order valence-corrected chi connectivity index (χ0v) is 16.7. The molecular formula is C24H21N3O3. The van der Waals surface area contributed by atoms with E-state index in [0.717, 1.165) is 11.3 Å². The number of para-hydroxylation sites is 3. The number of hydrogen-bond acceptors (Lipinski definition) is 4. The van der Waals surface area contributed by atoms with E-state index in [1.165, 1.54) is 7.11 Å². The third kappa shape index (κ3) is 4.17. The third-order valence-electron chi connectivity index (χ3n) is 4.52. The minimum absolute atomic E-state index is 0.187. The molecule has 6 heteroatoms. The molecule has 0 saturated carbocycles. The number of nitrogens with one attached hydrogen (secondary N) is 1. The first-order valence-corrected chi connectivity index (χ1v) is 9.48. The number of amides is 1. The Balaban J connectivity index is 1.59. The number of anilines is 1. The molecule has 3 aromatic carbocycles.